The number of hydrogen-bond donors (Lipinski definition) is 0. The first-order valence-electron chi connectivity index (χ1n) is 6.33. The van der Waals surface area contributed by atoms with Crippen LogP contribution in [0.4, 0.5) is 0 Å². The van der Waals surface area contributed by atoms with Crippen molar-refractivity contribution in [2.24, 2.45) is 11.8 Å². The molecule has 0 aliphatic rings. The molecule has 0 radical (unpaired) electrons. The van der Waals surface area contributed by atoms with E-state index in [2.05, 4.69) is 64.1 Å². The highest BCUT2D eigenvalue weighted by molar-refractivity contribution is 5.53. The van der Waals surface area contributed by atoms with Crippen molar-refractivity contribution in [2.45, 2.75) is 40.5 Å². The fraction of sp³-hybridized carbons (Fsp3) is 0.500. The molecule has 0 nitrogen and oxygen atoms in total. The Labute approximate surface area is 100 Å². The van der Waals surface area contributed by atoms with Crippen molar-refractivity contribution in [1.82, 2.24) is 0 Å². The first-order chi connectivity index (χ1) is 7.61. The van der Waals surface area contributed by atoms with Crippen molar-refractivity contribution in [3.8, 4) is 0 Å². The van der Waals surface area contributed by atoms with E-state index >= 15 is 0 Å². The second kappa shape index (κ2) is 6.52. The Balaban J connectivity index is 2.41. The number of benzene rings is 1. The van der Waals surface area contributed by atoms with Crippen LogP contribution in [0.2, 0.25) is 0 Å². The van der Waals surface area contributed by atoms with E-state index in [1.165, 1.54) is 24.0 Å². The Morgan fingerprint density at radius 1 is 1.12 bits per heavy atom. The molecule has 1 aromatic carbocycles. The van der Waals surface area contributed by atoms with Gasteiger partial charge in [-0.2, -0.15) is 0 Å². The summed E-state index contributed by atoms with van der Waals surface area (Å²) in [5, 5.41) is 0. The van der Waals surface area contributed by atoms with E-state index in [4.69, 9.17) is 0 Å². The van der Waals surface area contributed by atoms with E-state index in [-0.39, 0.29) is 0 Å². The Kier molecular flexibility index (Phi) is 5.31. The third-order valence-corrected chi connectivity index (χ3v) is 3.41. The normalized spacial score (nSPS) is 13.6. The van der Waals surface area contributed by atoms with Gasteiger partial charge in [-0.1, -0.05) is 57.2 Å². The molecule has 0 heteroatoms. The van der Waals surface area contributed by atoms with Gasteiger partial charge in [0.2, 0.25) is 0 Å². The lowest BCUT2D eigenvalue weighted by molar-refractivity contribution is 0.395. The fourth-order valence-electron chi connectivity index (χ4n) is 1.68. The van der Waals surface area contributed by atoms with E-state index in [0.29, 0.717) is 0 Å². The van der Waals surface area contributed by atoms with Crippen LogP contribution in [0.5, 0.6) is 0 Å². The summed E-state index contributed by atoms with van der Waals surface area (Å²) in [5.74, 6) is 1.62. The van der Waals surface area contributed by atoms with Gasteiger partial charge < -0.3 is 0 Å². The Bertz CT molecular complexity index is 334. The van der Waals surface area contributed by atoms with Crippen LogP contribution in [-0.2, 0) is 0 Å². The first-order valence-corrected chi connectivity index (χ1v) is 6.33. The zero-order valence-electron chi connectivity index (χ0n) is 11.0. The molecule has 0 N–H and O–H groups in total. The van der Waals surface area contributed by atoms with Gasteiger partial charge in [0.15, 0.2) is 0 Å². The van der Waals surface area contributed by atoms with Crippen LogP contribution in [0.15, 0.2) is 30.3 Å². The van der Waals surface area contributed by atoms with Gasteiger partial charge >= 0.3 is 0 Å². The van der Waals surface area contributed by atoms with Crippen LogP contribution in [0.25, 0.3) is 6.08 Å². The molecule has 0 bridgehead atoms. The van der Waals surface area contributed by atoms with Crippen LogP contribution in [0.3, 0.4) is 0 Å². The lowest BCUT2D eigenvalue weighted by Gasteiger charge is -2.13. The highest BCUT2D eigenvalue weighted by atomic mass is 14.1. The number of rotatable bonds is 5. The zero-order chi connectivity index (χ0) is 12.0. The van der Waals surface area contributed by atoms with Gasteiger partial charge in [-0.05, 0) is 42.7 Å². The highest BCUT2D eigenvalue weighted by Crippen LogP contribution is 2.17. The molecule has 0 amide bonds. The molecule has 0 saturated heterocycles. The molecule has 0 aromatic heterocycles. The van der Waals surface area contributed by atoms with E-state index < -0.39 is 0 Å². The zero-order valence-corrected chi connectivity index (χ0v) is 11.0. The molecular weight excluding hydrogens is 192 g/mol. The van der Waals surface area contributed by atoms with Gasteiger partial charge in [-0.15, -0.1) is 0 Å². The molecule has 1 atom stereocenters. The molecule has 88 valence electrons. The maximum Gasteiger partial charge on any atom is -0.0231 e. The van der Waals surface area contributed by atoms with Gasteiger partial charge in [0.25, 0.3) is 0 Å². The van der Waals surface area contributed by atoms with Gasteiger partial charge in [-0.25, -0.2) is 0 Å². The van der Waals surface area contributed by atoms with Crippen molar-refractivity contribution in [3.05, 3.63) is 41.5 Å². The van der Waals surface area contributed by atoms with Gasteiger partial charge in [0.1, 0.15) is 0 Å². The monoisotopic (exact) mass is 216 g/mol. The predicted octanol–water partition coefficient (Wildman–Crippen LogP) is 5.08. The summed E-state index contributed by atoms with van der Waals surface area (Å²) in [5.41, 5.74) is 2.70. The van der Waals surface area contributed by atoms with E-state index in [1.807, 2.05) is 0 Å². The fourth-order valence-corrected chi connectivity index (χ4v) is 1.68. The van der Waals surface area contributed by atoms with Crippen molar-refractivity contribution in [3.63, 3.8) is 0 Å². The third kappa shape index (κ3) is 4.22. The smallest absolute Gasteiger partial charge is 0.0231 e. The summed E-state index contributed by atoms with van der Waals surface area (Å²) < 4.78 is 0. The highest BCUT2D eigenvalue weighted by Gasteiger charge is 2.04. The van der Waals surface area contributed by atoms with Crippen molar-refractivity contribution < 1.29 is 0 Å². The van der Waals surface area contributed by atoms with Gasteiger partial charge in [-0.3, -0.25) is 0 Å². The molecule has 1 rings (SSSR count). The molecule has 1 unspecified atom stereocenters. The number of hydrogen-bond acceptors (Lipinski definition) is 0. The standard InChI is InChI=1S/C16H24/c1-13(2)14(3)9-5-7-11-16-12-8-6-10-15(16)4/h6-8,10-14H,5,9H2,1-4H3. The molecule has 0 fully saturated rings. The van der Waals surface area contributed by atoms with E-state index in [1.54, 1.807) is 0 Å². The quantitative estimate of drug-likeness (QED) is 0.644. The van der Waals surface area contributed by atoms with Crippen molar-refractivity contribution in [1.29, 1.82) is 0 Å². The summed E-state index contributed by atoms with van der Waals surface area (Å²) in [6, 6.07) is 8.53. The molecule has 1 aromatic rings. The van der Waals surface area contributed by atoms with Gasteiger partial charge in [0, 0.05) is 0 Å². The predicted molar refractivity (Wildman–Crippen MR) is 73.4 cm³/mol. The summed E-state index contributed by atoms with van der Waals surface area (Å²) >= 11 is 0. The second-order valence-electron chi connectivity index (χ2n) is 5.06. The molecule has 0 spiro atoms. The molecule has 16 heavy (non-hydrogen) atoms. The van der Waals surface area contributed by atoms with E-state index in [9.17, 15) is 0 Å². The van der Waals surface area contributed by atoms with Crippen molar-refractivity contribution in [2.75, 3.05) is 0 Å². The summed E-state index contributed by atoms with van der Waals surface area (Å²) in [6.45, 7) is 9.11. The molecular formula is C16H24. The van der Waals surface area contributed by atoms with E-state index in [0.717, 1.165) is 11.8 Å². The topological polar surface area (TPSA) is 0 Å². The molecule has 0 aliphatic carbocycles. The van der Waals surface area contributed by atoms with Crippen LogP contribution < -0.4 is 0 Å². The maximum absolute atomic E-state index is 2.34. The van der Waals surface area contributed by atoms with Crippen LogP contribution in [0, 0.1) is 18.8 Å². The van der Waals surface area contributed by atoms with Crippen molar-refractivity contribution >= 4 is 6.08 Å². The summed E-state index contributed by atoms with van der Waals surface area (Å²) in [7, 11) is 0. The average Bonchev–Trinajstić information content (AvgIpc) is 2.26. The minimum atomic E-state index is 0.798. The SMILES string of the molecule is Cc1ccccc1C=CCCC(C)C(C)C. The number of allylic oxidation sites excluding steroid dienone is 1. The van der Waals surface area contributed by atoms with Crippen LogP contribution >= 0.6 is 0 Å². The number of aryl methyl sites for hydroxylation is 1. The van der Waals surface area contributed by atoms with Crippen LogP contribution in [0.1, 0.15) is 44.7 Å². The average molecular weight is 216 g/mol. The third-order valence-electron chi connectivity index (χ3n) is 3.41. The second-order valence-corrected chi connectivity index (χ2v) is 5.06. The first kappa shape index (κ1) is 13.0. The Hall–Kier alpha value is -1.04. The Morgan fingerprint density at radius 2 is 1.81 bits per heavy atom. The summed E-state index contributed by atoms with van der Waals surface area (Å²) in [4.78, 5) is 0. The minimum absolute atomic E-state index is 0.798. The lowest BCUT2D eigenvalue weighted by atomic mass is 9.93. The largest absolute Gasteiger partial charge is 0.0839 e. The Morgan fingerprint density at radius 3 is 2.44 bits per heavy atom. The molecule has 0 heterocycles. The van der Waals surface area contributed by atoms with Gasteiger partial charge in [0.05, 0.1) is 0 Å². The molecule has 0 aliphatic heterocycles. The van der Waals surface area contributed by atoms with Crippen LogP contribution in [-0.4, -0.2) is 0 Å². The minimum Gasteiger partial charge on any atom is -0.0839 e. The summed E-state index contributed by atoms with van der Waals surface area (Å²) in [6.07, 6.45) is 7.04. The lowest BCUT2D eigenvalue weighted by Crippen LogP contribution is -2.02. The molecule has 0 saturated carbocycles. The maximum atomic E-state index is 2.34.